The predicted molar refractivity (Wildman–Crippen MR) is 91.3 cm³/mol. The Morgan fingerprint density at radius 1 is 1.13 bits per heavy atom. The van der Waals surface area contributed by atoms with Crippen molar-refractivity contribution < 1.29 is 4.74 Å². The summed E-state index contributed by atoms with van der Waals surface area (Å²) in [6.45, 7) is 1.80. The molecule has 0 radical (unpaired) electrons. The molecule has 0 aliphatic rings. The number of para-hydroxylation sites is 1. The number of rotatable bonds is 6. The van der Waals surface area contributed by atoms with Gasteiger partial charge in [0.2, 0.25) is 0 Å². The minimum Gasteiger partial charge on any atom is -0.492 e. The molecule has 2 aromatic carbocycles. The fourth-order valence-corrected chi connectivity index (χ4v) is 2.01. The van der Waals surface area contributed by atoms with E-state index in [1.54, 1.807) is 13.1 Å². The number of nitrogens with zero attached hydrogens (tertiary/aromatic N) is 2. The largest absolute Gasteiger partial charge is 0.492 e. The standard InChI is InChI=1S/C18H20N4O/c1-20-18(21-10-11-23-17-8-3-2-4-9-17)22-14-16-7-5-6-15(12-16)13-19/h2-9,12H,10-11,14H2,1H3,(H2,20,21,22). The van der Waals surface area contributed by atoms with Gasteiger partial charge in [-0.25, -0.2) is 0 Å². The van der Waals surface area contributed by atoms with E-state index in [0.29, 0.717) is 31.2 Å². The van der Waals surface area contributed by atoms with Crippen molar-refractivity contribution in [3.05, 3.63) is 65.7 Å². The minimum atomic E-state index is 0.550. The van der Waals surface area contributed by atoms with Crippen LogP contribution in [0, 0.1) is 11.3 Å². The first-order valence-electron chi connectivity index (χ1n) is 7.43. The fraction of sp³-hybridized carbons (Fsp3) is 0.222. The molecule has 0 fully saturated rings. The van der Waals surface area contributed by atoms with Gasteiger partial charge in [0.25, 0.3) is 0 Å². The molecule has 0 aromatic heterocycles. The molecule has 2 N–H and O–H groups in total. The third-order valence-corrected chi connectivity index (χ3v) is 3.15. The van der Waals surface area contributed by atoms with Gasteiger partial charge in [0.05, 0.1) is 18.2 Å². The fourth-order valence-electron chi connectivity index (χ4n) is 2.01. The van der Waals surface area contributed by atoms with Crippen molar-refractivity contribution >= 4 is 5.96 Å². The number of benzene rings is 2. The van der Waals surface area contributed by atoms with E-state index in [0.717, 1.165) is 11.3 Å². The normalized spacial score (nSPS) is 10.7. The lowest BCUT2D eigenvalue weighted by Gasteiger charge is -2.12. The molecule has 0 atom stereocenters. The second-order valence-corrected chi connectivity index (χ2v) is 4.83. The third kappa shape index (κ3) is 5.71. The maximum Gasteiger partial charge on any atom is 0.191 e. The van der Waals surface area contributed by atoms with Crippen LogP contribution < -0.4 is 15.4 Å². The number of hydrogen-bond donors (Lipinski definition) is 2. The van der Waals surface area contributed by atoms with Crippen LogP contribution in [0.1, 0.15) is 11.1 Å². The van der Waals surface area contributed by atoms with Gasteiger partial charge < -0.3 is 15.4 Å². The Morgan fingerprint density at radius 3 is 2.70 bits per heavy atom. The molecule has 0 heterocycles. The molecule has 0 unspecified atom stereocenters. The van der Waals surface area contributed by atoms with Gasteiger partial charge in [-0.15, -0.1) is 0 Å². The molecule has 0 aliphatic heterocycles. The summed E-state index contributed by atoms with van der Waals surface area (Å²) in [5.41, 5.74) is 1.69. The molecular weight excluding hydrogens is 288 g/mol. The van der Waals surface area contributed by atoms with Crippen LogP contribution in [0.25, 0.3) is 0 Å². The van der Waals surface area contributed by atoms with Crippen molar-refractivity contribution in [2.75, 3.05) is 20.2 Å². The lowest BCUT2D eigenvalue weighted by atomic mass is 10.1. The molecule has 2 rings (SSSR count). The van der Waals surface area contributed by atoms with Crippen LogP contribution in [0.15, 0.2) is 59.6 Å². The summed E-state index contributed by atoms with van der Waals surface area (Å²) in [4.78, 5) is 4.16. The van der Waals surface area contributed by atoms with Crippen molar-refractivity contribution in [3.8, 4) is 11.8 Å². The van der Waals surface area contributed by atoms with Crippen LogP contribution in [0.2, 0.25) is 0 Å². The van der Waals surface area contributed by atoms with Crippen molar-refractivity contribution in [3.63, 3.8) is 0 Å². The van der Waals surface area contributed by atoms with Crippen molar-refractivity contribution in [1.82, 2.24) is 10.6 Å². The van der Waals surface area contributed by atoms with E-state index in [-0.39, 0.29) is 0 Å². The number of guanidine groups is 1. The molecule has 5 nitrogen and oxygen atoms in total. The first-order valence-corrected chi connectivity index (χ1v) is 7.43. The second kappa shape index (κ2) is 9.11. The van der Waals surface area contributed by atoms with Gasteiger partial charge in [0, 0.05) is 13.6 Å². The van der Waals surface area contributed by atoms with Crippen LogP contribution in [0.3, 0.4) is 0 Å². The molecule has 23 heavy (non-hydrogen) atoms. The van der Waals surface area contributed by atoms with E-state index in [9.17, 15) is 0 Å². The lowest BCUT2D eigenvalue weighted by molar-refractivity contribution is 0.322. The van der Waals surface area contributed by atoms with Crippen LogP contribution in [0.5, 0.6) is 5.75 Å². The monoisotopic (exact) mass is 308 g/mol. The third-order valence-electron chi connectivity index (χ3n) is 3.15. The average Bonchev–Trinajstić information content (AvgIpc) is 2.62. The molecule has 0 saturated carbocycles. The first kappa shape index (κ1) is 16.4. The summed E-state index contributed by atoms with van der Waals surface area (Å²) in [5, 5.41) is 15.3. The van der Waals surface area contributed by atoms with E-state index in [1.807, 2.05) is 48.5 Å². The minimum absolute atomic E-state index is 0.550. The lowest BCUT2D eigenvalue weighted by Crippen LogP contribution is -2.38. The molecule has 0 spiro atoms. The van der Waals surface area contributed by atoms with Gasteiger partial charge in [0.15, 0.2) is 5.96 Å². The Kier molecular flexibility index (Phi) is 6.48. The highest BCUT2D eigenvalue weighted by molar-refractivity contribution is 5.79. The van der Waals surface area contributed by atoms with Crippen LogP contribution in [-0.4, -0.2) is 26.2 Å². The van der Waals surface area contributed by atoms with E-state index >= 15 is 0 Å². The van der Waals surface area contributed by atoms with Gasteiger partial charge in [-0.3, -0.25) is 4.99 Å². The molecule has 2 aromatic rings. The molecule has 118 valence electrons. The molecular formula is C18H20N4O. The summed E-state index contributed by atoms with van der Waals surface area (Å²) in [5.74, 6) is 1.55. The van der Waals surface area contributed by atoms with E-state index in [2.05, 4.69) is 21.7 Å². The molecule has 0 saturated heterocycles. The molecule has 0 aliphatic carbocycles. The molecule has 5 heteroatoms. The van der Waals surface area contributed by atoms with Gasteiger partial charge in [0.1, 0.15) is 12.4 Å². The number of hydrogen-bond acceptors (Lipinski definition) is 3. The quantitative estimate of drug-likeness (QED) is 0.488. The summed E-state index contributed by atoms with van der Waals surface area (Å²) in [7, 11) is 1.72. The van der Waals surface area contributed by atoms with Gasteiger partial charge >= 0.3 is 0 Å². The number of ether oxygens (including phenoxy) is 1. The number of aliphatic imine (C=N–C) groups is 1. The zero-order valence-electron chi connectivity index (χ0n) is 13.1. The van der Waals surface area contributed by atoms with E-state index in [4.69, 9.17) is 10.00 Å². The van der Waals surface area contributed by atoms with Crippen LogP contribution >= 0.6 is 0 Å². The van der Waals surface area contributed by atoms with Gasteiger partial charge in [-0.1, -0.05) is 30.3 Å². The van der Waals surface area contributed by atoms with Crippen molar-refractivity contribution in [1.29, 1.82) is 5.26 Å². The zero-order chi connectivity index (χ0) is 16.3. The van der Waals surface area contributed by atoms with Gasteiger partial charge in [-0.2, -0.15) is 5.26 Å². The Hall–Kier alpha value is -3.00. The summed E-state index contributed by atoms with van der Waals surface area (Å²) >= 11 is 0. The maximum atomic E-state index is 8.90. The molecule has 0 bridgehead atoms. The van der Waals surface area contributed by atoms with Crippen molar-refractivity contribution in [2.45, 2.75) is 6.54 Å². The number of nitriles is 1. The topological polar surface area (TPSA) is 69.4 Å². The maximum absolute atomic E-state index is 8.90. The predicted octanol–water partition coefficient (Wildman–Crippen LogP) is 2.30. The smallest absolute Gasteiger partial charge is 0.191 e. The Bertz CT molecular complexity index is 677. The first-order chi connectivity index (χ1) is 11.3. The average molecular weight is 308 g/mol. The Labute approximate surface area is 136 Å². The van der Waals surface area contributed by atoms with Crippen molar-refractivity contribution in [2.24, 2.45) is 4.99 Å². The van der Waals surface area contributed by atoms with Crippen LogP contribution in [-0.2, 0) is 6.54 Å². The Balaban J connectivity index is 1.72. The highest BCUT2D eigenvalue weighted by atomic mass is 16.5. The highest BCUT2D eigenvalue weighted by Gasteiger charge is 1.99. The van der Waals surface area contributed by atoms with Crippen LogP contribution in [0.4, 0.5) is 0 Å². The van der Waals surface area contributed by atoms with Gasteiger partial charge in [-0.05, 0) is 29.8 Å². The van der Waals surface area contributed by atoms with E-state index in [1.165, 1.54) is 0 Å². The Morgan fingerprint density at radius 2 is 1.96 bits per heavy atom. The zero-order valence-corrected chi connectivity index (χ0v) is 13.1. The summed E-state index contributed by atoms with van der Waals surface area (Å²) in [6.07, 6.45) is 0. The highest BCUT2D eigenvalue weighted by Crippen LogP contribution is 2.07. The van der Waals surface area contributed by atoms with E-state index < -0.39 is 0 Å². The SMILES string of the molecule is CN=C(NCCOc1ccccc1)NCc1cccc(C#N)c1. The molecule has 0 amide bonds. The summed E-state index contributed by atoms with van der Waals surface area (Å²) in [6, 6.07) is 19.3. The number of nitrogens with one attached hydrogen (secondary N) is 2. The summed E-state index contributed by atoms with van der Waals surface area (Å²) < 4.78 is 5.61. The second-order valence-electron chi connectivity index (χ2n) is 4.83.